The largest absolute Gasteiger partial charge is 0.496 e. The Balaban J connectivity index is 2.69. The zero-order chi connectivity index (χ0) is 14.2. The number of methoxy groups -OCH3 is 1. The maximum absolute atomic E-state index is 11.7. The second-order valence-corrected chi connectivity index (χ2v) is 4.09. The molecular formula is C13H13NO5. The molecule has 0 aliphatic carbocycles. The molecule has 0 aliphatic heterocycles. The fourth-order valence-corrected chi connectivity index (χ4v) is 2.00. The molecule has 1 aromatic heterocycles. The van der Waals surface area contributed by atoms with Gasteiger partial charge in [-0.25, -0.2) is 14.3 Å². The van der Waals surface area contributed by atoms with Crippen molar-refractivity contribution in [2.24, 2.45) is 7.05 Å². The van der Waals surface area contributed by atoms with E-state index in [0.29, 0.717) is 11.3 Å². The molecule has 6 heteroatoms. The van der Waals surface area contributed by atoms with Gasteiger partial charge in [-0.15, -0.1) is 0 Å². The molecule has 0 saturated carbocycles. The molecule has 6 nitrogen and oxygen atoms in total. The van der Waals surface area contributed by atoms with E-state index in [2.05, 4.69) is 0 Å². The van der Waals surface area contributed by atoms with Gasteiger partial charge < -0.3 is 14.4 Å². The summed E-state index contributed by atoms with van der Waals surface area (Å²) in [6.07, 6.45) is 0. The topological polar surface area (TPSA) is 81.7 Å². The number of carboxylic acid groups (broad SMARTS) is 1. The normalized spacial score (nSPS) is 10.5. The quantitative estimate of drug-likeness (QED) is 0.910. The summed E-state index contributed by atoms with van der Waals surface area (Å²) in [6.45, 7) is 1.81. The minimum atomic E-state index is -1.21. The predicted octanol–water partition coefficient (Wildman–Crippen LogP) is 1.66. The third-order valence-electron chi connectivity index (χ3n) is 2.86. The first-order valence-corrected chi connectivity index (χ1v) is 5.54. The number of carboxylic acids is 1. The Morgan fingerprint density at radius 2 is 2.11 bits per heavy atom. The summed E-state index contributed by atoms with van der Waals surface area (Å²) in [5, 5.41) is 9.15. The Morgan fingerprint density at radius 3 is 2.63 bits per heavy atom. The zero-order valence-electron chi connectivity index (χ0n) is 10.8. The summed E-state index contributed by atoms with van der Waals surface area (Å²) < 4.78 is 10.9. The minimum Gasteiger partial charge on any atom is -0.496 e. The number of ether oxygens (including phenoxy) is 1. The smallest absolute Gasteiger partial charge is 0.366 e. The van der Waals surface area contributed by atoms with Gasteiger partial charge in [-0.3, -0.25) is 0 Å². The second-order valence-electron chi connectivity index (χ2n) is 4.09. The van der Waals surface area contributed by atoms with Gasteiger partial charge in [0, 0.05) is 7.05 Å². The van der Waals surface area contributed by atoms with Crippen LogP contribution in [0, 0.1) is 6.92 Å². The lowest BCUT2D eigenvalue weighted by Gasteiger charge is -2.06. The lowest BCUT2D eigenvalue weighted by molar-refractivity contribution is 0.0673. The van der Waals surface area contributed by atoms with Gasteiger partial charge in [-0.1, -0.05) is 6.07 Å². The first-order valence-electron chi connectivity index (χ1n) is 5.54. The van der Waals surface area contributed by atoms with Gasteiger partial charge in [-0.2, -0.15) is 0 Å². The van der Waals surface area contributed by atoms with Gasteiger partial charge >= 0.3 is 11.6 Å². The number of aryl methyl sites for hydroxylation is 2. The Hall–Kier alpha value is -2.50. The molecule has 0 amide bonds. The molecule has 0 aliphatic rings. The number of benzene rings is 1. The van der Waals surface area contributed by atoms with Crippen molar-refractivity contribution in [2.75, 3.05) is 7.11 Å². The maximum Gasteiger partial charge on any atom is 0.366 e. The van der Waals surface area contributed by atoms with E-state index < -0.39 is 11.6 Å². The summed E-state index contributed by atoms with van der Waals surface area (Å²) in [5.41, 5.74) is 0.490. The third-order valence-corrected chi connectivity index (χ3v) is 2.86. The highest BCUT2D eigenvalue weighted by atomic mass is 16.5. The average Bonchev–Trinajstić information content (AvgIpc) is 2.64. The number of carbonyl (C=O) groups is 1. The third kappa shape index (κ3) is 2.12. The SMILES string of the molecule is COc1ccc(-c2c(C(=O)O)n(C)oc2=O)cc1C. The number of aromatic carboxylic acids is 1. The van der Waals surface area contributed by atoms with Crippen molar-refractivity contribution in [3.05, 3.63) is 39.9 Å². The van der Waals surface area contributed by atoms with Crippen molar-refractivity contribution in [1.29, 1.82) is 0 Å². The minimum absolute atomic E-state index is 0.0424. The number of rotatable bonds is 3. The van der Waals surface area contributed by atoms with Crippen LogP contribution in [0.3, 0.4) is 0 Å². The lowest BCUT2D eigenvalue weighted by Crippen LogP contribution is -2.06. The number of hydrogen-bond donors (Lipinski definition) is 1. The summed E-state index contributed by atoms with van der Waals surface area (Å²) >= 11 is 0. The lowest BCUT2D eigenvalue weighted by atomic mass is 10.0. The van der Waals surface area contributed by atoms with Gasteiger partial charge in [0.25, 0.3) is 0 Å². The van der Waals surface area contributed by atoms with Crippen LogP contribution in [0.4, 0.5) is 0 Å². The predicted molar refractivity (Wildman–Crippen MR) is 67.6 cm³/mol. The van der Waals surface area contributed by atoms with E-state index in [1.165, 1.54) is 7.05 Å². The van der Waals surface area contributed by atoms with Crippen LogP contribution in [-0.2, 0) is 7.05 Å². The van der Waals surface area contributed by atoms with Gasteiger partial charge in [0.2, 0.25) is 0 Å². The van der Waals surface area contributed by atoms with Crippen LogP contribution in [0.1, 0.15) is 16.1 Å². The zero-order valence-corrected chi connectivity index (χ0v) is 10.8. The van der Waals surface area contributed by atoms with Crippen LogP contribution in [0.25, 0.3) is 11.1 Å². The Labute approximate surface area is 108 Å². The van der Waals surface area contributed by atoms with Crippen molar-refractivity contribution >= 4 is 5.97 Å². The highest BCUT2D eigenvalue weighted by Gasteiger charge is 2.23. The molecule has 2 rings (SSSR count). The first kappa shape index (κ1) is 12.9. The molecule has 1 heterocycles. The van der Waals surface area contributed by atoms with Crippen molar-refractivity contribution < 1.29 is 19.2 Å². The number of nitrogens with zero attached hydrogens (tertiary/aromatic N) is 1. The number of hydrogen-bond acceptors (Lipinski definition) is 4. The van der Waals surface area contributed by atoms with Crippen molar-refractivity contribution in [3.63, 3.8) is 0 Å². The van der Waals surface area contributed by atoms with Crippen LogP contribution < -0.4 is 10.4 Å². The molecular weight excluding hydrogens is 250 g/mol. The molecule has 0 fully saturated rings. The molecule has 0 atom stereocenters. The van der Waals surface area contributed by atoms with Crippen LogP contribution in [-0.4, -0.2) is 22.9 Å². The molecule has 0 radical (unpaired) electrons. The van der Waals surface area contributed by atoms with Crippen LogP contribution in [0.15, 0.2) is 27.5 Å². The molecule has 0 spiro atoms. The molecule has 2 aromatic rings. The van der Waals surface area contributed by atoms with E-state index >= 15 is 0 Å². The molecule has 1 aromatic carbocycles. The summed E-state index contributed by atoms with van der Waals surface area (Å²) in [6, 6.07) is 5.00. The van der Waals surface area contributed by atoms with E-state index in [-0.39, 0.29) is 11.3 Å². The van der Waals surface area contributed by atoms with Crippen LogP contribution in [0.5, 0.6) is 5.75 Å². The highest BCUT2D eigenvalue weighted by Crippen LogP contribution is 2.26. The fourth-order valence-electron chi connectivity index (χ4n) is 2.00. The van der Waals surface area contributed by atoms with Crippen LogP contribution in [0.2, 0.25) is 0 Å². The highest BCUT2D eigenvalue weighted by molar-refractivity contribution is 5.93. The van der Waals surface area contributed by atoms with E-state index in [4.69, 9.17) is 14.4 Å². The Bertz CT molecular complexity index is 696. The fraction of sp³-hybridized carbons (Fsp3) is 0.231. The Morgan fingerprint density at radius 1 is 1.42 bits per heavy atom. The van der Waals surface area contributed by atoms with Crippen LogP contribution >= 0.6 is 0 Å². The Kier molecular flexibility index (Phi) is 3.16. The van der Waals surface area contributed by atoms with E-state index in [9.17, 15) is 9.59 Å². The van der Waals surface area contributed by atoms with Crippen molar-refractivity contribution in [2.45, 2.75) is 6.92 Å². The van der Waals surface area contributed by atoms with Gasteiger partial charge in [0.05, 0.1) is 7.11 Å². The summed E-state index contributed by atoms with van der Waals surface area (Å²) in [4.78, 5) is 22.9. The number of aromatic nitrogens is 1. The molecule has 19 heavy (non-hydrogen) atoms. The summed E-state index contributed by atoms with van der Waals surface area (Å²) in [7, 11) is 2.92. The molecule has 1 N–H and O–H groups in total. The maximum atomic E-state index is 11.7. The van der Waals surface area contributed by atoms with Crippen molar-refractivity contribution in [3.8, 4) is 16.9 Å². The standard InChI is InChI=1S/C13H13NO5/c1-7-6-8(4-5-9(7)18-3)10-11(12(15)16)14(2)19-13(10)17/h4-6H,1-3H3,(H,15,16). The van der Waals surface area contributed by atoms with Gasteiger partial charge in [-0.05, 0) is 30.2 Å². The van der Waals surface area contributed by atoms with E-state index in [1.807, 2.05) is 6.92 Å². The summed E-state index contributed by atoms with van der Waals surface area (Å²) in [5.74, 6) is -0.544. The molecule has 0 unspecified atom stereocenters. The molecule has 100 valence electrons. The van der Waals surface area contributed by atoms with Gasteiger partial charge in [0.15, 0.2) is 5.69 Å². The second kappa shape index (κ2) is 4.64. The van der Waals surface area contributed by atoms with E-state index in [1.54, 1.807) is 25.3 Å². The first-order chi connectivity index (χ1) is 8.95. The van der Waals surface area contributed by atoms with Crippen molar-refractivity contribution in [1.82, 2.24) is 4.74 Å². The average molecular weight is 263 g/mol. The monoisotopic (exact) mass is 263 g/mol. The molecule has 0 bridgehead atoms. The van der Waals surface area contributed by atoms with E-state index in [0.717, 1.165) is 10.3 Å². The van der Waals surface area contributed by atoms with Gasteiger partial charge in [0.1, 0.15) is 11.3 Å². The molecule has 0 saturated heterocycles.